The average Bonchev–Trinajstić information content (AvgIpc) is 3.09. The van der Waals surface area contributed by atoms with Crippen LogP contribution in [0.15, 0.2) is 65.8 Å². The second-order valence-electron chi connectivity index (χ2n) is 8.57. The zero-order valence-electron chi connectivity index (χ0n) is 19.5. The van der Waals surface area contributed by atoms with Crippen LogP contribution in [0.25, 0.3) is 33.5 Å². The van der Waals surface area contributed by atoms with Crippen molar-refractivity contribution in [2.75, 3.05) is 18.8 Å². The monoisotopic (exact) mass is 471 g/mol. The summed E-state index contributed by atoms with van der Waals surface area (Å²) in [6.07, 6.45) is 4.64. The molecule has 34 heavy (non-hydrogen) atoms. The van der Waals surface area contributed by atoms with Crippen molar-refractivity contribution in [1.82, 2.24) is 24.6 Å². The number of thioether (sulfide) groups is 1. The van der Waals surface area contributed by atoms with Crippen molar-refractivity contribution in [2.45, 2.75) is 44.3 Å². The first-order valence-corrected chi connectivity index (χ1v) is 13.0. The van der Waals surface area contributed by atoms with Crippen LogP contribution in [-0.4, -0.2) is 49.4 Å². The van der Waals surface area contributed by atoms with Crippen LogP contribution < -0.4 is 0 Å². The molecular weight excluding hydrogens is 442 g/mol. The number of aromatic nitrogens is 4. The van der Waals surface area contributed by atoms with Gasteiger partial charge >= 0.3 is 0 Å². The van der Waals surface area contributed by atoms with Crippen LogP contribution in [0.5, 0.6) is 0 Å². The number of hydrogen-bond donors (Lipinski definition) is 0. The van der Waals surface area contributed by atoms with Crippen molar-refractivity contribution in [2.24, 2.45) is 0 Å². The number of hydrogen-bond acceptors (Lipinski definition) is 5. The molecule has 1 aliphatic rings. The van der Waals surface area contributed by atoms with E-state index in [9.17, 15) is 4.79 Å². The highest BCUT2D eigenvalue weighted by atomic mass is 32.2. The molecule has 174 valence electrons. The lowest BCUT2D eigenvalue weighted by atomic mass is 10.0. The van der Waals surface area contributed by atoms with E-state index in [0.29, 0.717) is 5.75 Å². The number of rotatable bonds is 6. The molecule has 0 bridgehead atoms. The van der Waals surface area contributed by atoms with Crippen LogP contribution in [0.2, 0.25) is 0 Å². The molecule has 4 aromatic rings. The second kappa shape index (κ2) is 10.4. The number of amides is 1. The molecule has 2 aromatic heterocycles. The van der Waals surface area contributed by atoms with E-state index in [1.165, 1.54) is 24.6 Å². The smallest absolute Gasteiger partial charge is 0.233 e. The summed E-state index contributed by atoms with van der Waals surface area (Å²) in [6.45, 7) is 4.56. The SMILES string of the molecule is CCn1c(SCC(=O)N2CCCCCC2)nnc1-c1cc(-c2ccccc2)nc2ccccc12. The van der Waals surface area contributed by atoms with Gasteiger partial charge in [-0.1, -0.05) is 73.1 Å². The summed E-state index contributed by atoms with van der Waals surface area (Å²) in [5.74, 6) is 1.40. The summed E-state index contributed by atoms with van der Waals surface area (Å²) in [4.78, 5) is 19.7. The minimum Gasteiger partial charge on any atom is -0.342 e. The minimum absolute atomic E-state index is 0.194. The maximum Gasteiger partial charge on any atom is 0.233 e. The molecule has 0 unspecified atom stereocenters. The molecule has 5 rings (SSSR count). The molecule has 1 amide bonds. The largest absolute Gasteiger partial charge is 0.342 e. The lowest BCUT2D eigenvalue weighted by Gasteiger charge is -2.19. The number of likely N-dealkylation sites (tertiary alicyclic amines) is 1. The second-order valence-corrected chi connectivity index (χ2v) is 9.51. The molecule has 0 spiro atoms. The van der Waals surface area contributed by atoms with Gasteiger partial charge in [0.25, 0.3) is 0 Å². The Balaban J connectivity index is 1.47. The lowest BCUT2D eigenvalue weighted by molar-refractivity contribution is -0.128. The van der Waals surface area contributed by atoms with Crippen LogP contribution in [0.3, 0.4) is 0 Å². The molecule has 1 aliphatic heterocycles. The summed E-state index contributed by atoms with van der Waals surface area (Å²) in [5, 5.41) is 10.9. The van der Waals surface area contributed by atoms with Gasteiger partial charge in [-0.25, -0.2) is 4.98 Å². The molecule has 0 aliphatic carbocycles. The van der Waals surface area contributed by atoms with Gasteiger partial charge in [0.05, 0.1) is 17.0 Å². The molecule has 0 radical (unpaired) electrons. The fourth-order valence-electron chi connectivity index (χ4n) is 4.53. The third kappa shape index (κ3) is 4.71. The van der Waals surface area contributed by atoms with Gasteiger partial charge in [-0.15, -0.1) is 10.2 Å². The quantitative estimate of drug-likeness (QED) is 0.339. The molecule has 1 saturated heterocycles. The Morgan fingerprint density at radius 2 is 1.68 bits per heavy atom. The molecule has 0 atom stereocenters. The van der Waals surface area contributed by atoms with Gasteiger partial charge in [-0.2, -0.15) is 0 Å². The highest BCUT2D eigenvalue weighted by molar-refractivity contribution is 7.99. The van der Waals surface area contributed by atoms with E-state index in [0.717, 1.165) is 71.2 Å². The van der Waals surface area contributed by atoms with Crippen LogP contribution in [0.4, 0.5) is 0 Å². The third-order valence-corrected chi connectivity index (χ3v) is 7.29. The fourth-order valence-corrected chi connectivity index (χ4v) is 5.44. The van der Waals surface area contributed by atoms with Gasteiger partial charge in [0.2, 0.25) is 5.91 Å². The average molecular weight is 472 g/mol. The molecule has 1 fully saturated rings. The predicted octanol–water partition coefficient (Wildman–Crippen LogP) is 5.67. The number of carbonyl (C=O) groups is 1. The Bertz CT molecular complexity index is 1280. The molecule has 0 saturated carbocycles. The topological polar surface area (TPSA) is 63.9 Å². The molecule has 3 heterocycles. The van der Waals surface area contributed by atoms with Crippen LogP contribution in [-0.2, 0) is 11.3 Å². The van der Waals surface area contributed by atoms with E-state index >= 15 is 0 Å². The van der Waals surface area contributed by atoms with Crippen LogP contribution >= 0.6 is 11.8 Å². The summed E-state index contributed by atoms with van der Waals surface area (Å²) in [7, 11) is 0. The summed E-state index contributed by atoms with van der Waals surface area (Å²) in [6, 6.07) is 20.5. The standard InChI is InChI=1S/C27H29N5OS/c1-2-32-26(29-30-27(32)34-19-25(33)31-16-10-3-4-11-17-31)22-18-24(20-12-6-5-7-13-20)28-23-15-9-8-14-21(22)23/h5-9,12-15,18H,2-4,10-11,16-17,19H2,1H3. The predicted molar refractivity (Wildman–Crippen MR) is 138 cm³/mol. The summed E-state index contributed by atoms with van der Waals surface area (Å²) < 4.78 is 2.11. The number of carbonyl (C=O) groups excluding carboxylic acids is 1. The zero-order chi connectivity index (χ0) is 23.3. The molecular formula is C27H29N5OS. The maximum atomic E-state index is 12.8. The fraction of sp³-hybridized carbons (Fsp3) is 0.333. The molecule has 0 N–H and O–H groups in total. The van der Waals surface area contributed by atoms with Gasteiger partial charge in [-0.05, 0) is 31.9 Å². The number of benzene rings is 2. The highest BCUT2D eigenvalue weighted by Gasteiger charge is 2.20. The zero-order valence-corrected chi connectivity index (χ0v) is 20.3. The van der Waals surface area contributed by atoms with E-state index in [1.807, 2.05) is 41.3 Å². The third-order valence-electron chi connectivity index (χ3n) is 6.34. The van der Waals surface area contributed by atoms with E-state index in [4.69, 9.17) is 4.98 Å². The van der Waals surface area contributed by atoms with Gasteiger partial charge < -0.3 is 9.47 Å². The first kappa shape index (κ1) is 22.6. The first-order valence-electron chi connectivity index (χ1n) is 12.0. The van der Waals surface area contributed by atoms with Gasteiger partial charge in [0.15, 0.2) is 11.0 Å². The van der Waals surface area contributed by atoms with Crippen LogP contribution in [0.1, 0.15) is 32.6 Å². The first-order chi connectivity index (χ1) is 16.7. The van der Waals surface area contributed by atoms with Crippen LogP contribution in [0, 0.1) is 0 Å². The van der Waals surface area contributed by atoms with Gasteiger partial charge in [0.1, 0.15) is 0 Å². The van der Waals surface area contributed by atoms with Crippen molar-refractivity contribution < 1.29 is 4.79 Å². The Morgan fingerprint density at radius 1 is 0.941 bits per heavy atom. The molecule has 6 nitrogen and oxygen atoms in total. The Labute approximate surface area is 204 Å². The van der Waals surface area contributed by atoms with E-state index in [-0.39, 0.29) is 5.91 Å². The maximum absolute atomic E-state index is 12.8. The molecule has 2 aromatic carbocycles. The Kier molecular flexibility index (Phi) is 6.90. The van der Waals surface area contributed by atoms with Gasteiger partial charge in [-0.3, -0.25) is 4.79 Å². The summed E-state index contributed by atoms with van der Waals surface area (Å²) in [5.41, 5.74) is 3.90. The number of pyridine rings is 1. The highest BCUT2D eigenvalue weighted by Crippen LogP contribution is 2.33. The number of para-hydroxylation sites is 1. The van der Waals surface area contributed by atoms with Crippen molar-refractivity contribution >= 4 is 28.6 Å². The normalized spacial score (nSPS) is 14.3. The number of nitrogens with zero attached hydrogens (tertiary/aromatic N) is 5. The van der Waals surface area contributed by atoms with Crippen molar-refractivity contribution in [3.63, 3.8) is 0 Å². The number of fused-ring (bicyclic) bond motifs is 1. The van der Waals surface area contributed by atoms with E-state index in [1.54, 1.807) is 0 Å². The van der Waals surface area contributed by atoms with E-state index in [2.05, 4.69) is 46.0 Å². The minimum atomic E-state index is 0.194. The summed E-state index contributed by atoms with van der Waals surface area (Å²) >= 11 is 1.48. The Morgan fingerprint density at radius 3 is 2.44 bits per heavy atom. The van der Waals surface area contributed by atoms with Crippen molar-refractivity contribution in [3.8, 4) is 22.6 Å². The van der Waals surface area contributed by atoms with Crippen molar-refractivity contribution in [3.05, 3.63) is 60.7 Å². The van der Waals surface area contributed by atoms with E-state index < -0.39 is 0 Å². The lowest BCUT2D eigenvalue weighted by Crippen LogP contribution is -2.33. The van der Waals surface area contributed by atoms with Crippen molar-refractivity contribution in [1.29, 1.82) is 0 Å². The Hall–Kier alpha value is -3.19. The van der Waals surface area contributed by atoms with Gasteiger partial charge in [0, 0.05) is 36.1 Å². The molecule has 7 heteroatoms.